The number of benzene rings is 1. The maximum Gasteiger partial charge on any atom is 0.319 e. The number of para-hydroxylation sites is 1. The Labute approximate surface area is 133 Å². The zero-order valence-electron chi connectivity index (χ0n) is 14.5. The standard InChI is InChI=1S/C18H28N2O2/c1-17(2,3)13-18(4,5)20-16(21)19-12-11-14-9-7-8-10-15(14)22-6/h7-12H,13H2,1-6H3,(H2,19,20,21)/b12-11+. The molecule has 0 spiro atoms. The molecule has 0 aromatic heterocycles. The van der Waals surface area contributed by atoms with Crippen LogP contribution in [0.5, 0.6) is 5.75 Å². The number of methoxy groups -OCH3 is 1. The quantitative estimate of drug-likeness (QED) is 0.857. The molecule has 0 saturated heterocycles. The molecule has 122 valence electrons. The number of rotatable bonds is 5. The van der Waals surface area contributed by atoms with Crippen molar-refractivity contribution < 1.29 is 9.53 Å². The Morgan fingerprint density at radius 2 is 1.82 bits per heavy atom. The van der Waals surface area contributed by atoms with Crippen LogP contribution in [-0.2, 0) is 0 Å². The highest BCUT2D eigenvalue weighted by Crippen LogP contribution is 2.26. The maximum absolute atomic E-state index is 12.0. The molecule has 22 heavy (non-hydrogen) atoms. The van der Waals surface area contributed by atoms with Gasteiger partial charge in [-0.05, 0) is 37.8 Å². The van der Waals surface area contributed by atoms with Gasteiger partial charge in [-0.25, -0.2) is 4.79 Å². The van der Waals surface area contributed by atoms with Crippen molar-refractivity contribution >= 4 is 12.1 Å². The van der Waals surface area contributed by atoms with Gasteiger partial charge in [0.1, 0.15) is 5.75 Å². The molecule has 0 radical (unpaired) electrons. The van der Waals surface area contributed by atoms with Crippen molar-refractivity contribution in [2.45, 2.75) is 46.6 Å². The molecule has 0 heterocycles. The van der Waals surface area contributed by atoms with E-state index in [1.807, 2.05) is 44.2 Å². The van der Waals surface area contributed by atoms with Crippen LogP contribution in [0.25, 0.3) is 6.08 Å². The Morgan fingerprint density at radius 3 is 2.41 bits per heavy atom. The van der Waals surface area contributed by atoms with E-state index in [-0.39, 0.29) is 17.0 Å². The lowest BCUT2D eigenvalue weighted by molar-refractivity contribution is 0.213. The molecule has 0 aliphatic carbocycles. The monoisotopic (exact) mass is 304 g/mol. The summed E-state index contributed by atoms with van der Waals surface area (Å²) in [6.07, 6.45) is 4.33. The summed E-state index contributed by atoms with van der Waals surface area (Å²) in [6, 6.07) is 7.44. The number of urea groups is 1. The zero-order chi connectivity index (χ0) is 16.8. The van der Waals surface area contributed by atoms with Crippen LogP contribution in [0.4, 0.5) is 4.79 Å². The van der Waals surface area contributed by atoms with E-state index in [1.165, 1.54) is 0 Å². The molecule has 4 heteroatoms. The van der Waals surface area contributed by atoms with Crippen molar-refractivity contribution in [2.75, 3.05) is 7.11 Å². The lowest BCUT2D eigenvalue weighted by Crippen LogP contribution is -2.48. The van der Waals surface area contributed by atoms with Gasteiger partial charge >= 0.3 is 6.03 Å². The van der Waals surface area contributed by atoms with Gasteiger partial charge < -0.3 is 15.4 Å². The first kappa shape index (κ1) is 18.1. The van der Waals surface area contributed by atoms with Crippen molar-refractivity contribution in [3.05, 3.63) is 36.0 Å². The molecule has 2 N–H and O–H groups in total. The van der Waals surface area contributed by atoms with Gasteiger partial charge in [-0.2, -0.15) is 0 Å². The van der Waals surface area contributed by atoms with Crippen LogP contribution in [0, 0.1) is 5.41 Å². The van der Waals surface area contributed by atoms with E-state index < -0.39 is 0 Å². The number of nitrogens with one attached hydrogen (secondary N) is 2. The van der Waals surface area contributed by atoms with Gasteiger partial charge in [0.05, 0.1) is 7.11 Å². The minimum absolute atomic E-state index is 0.157. The summed E-state index contributed by atoms with van der Waals surface area (Å²) in [6.45, 7) is 10.5. The van der Waals surface area contributed by atoms with Crippen LogP contribution in [0.3, 0.4) is 0 Å². The molecule has 1 aromatic carbocycles. The zero-order valence-corrected chi connectivity index (χ0v) is 14.5. The van der Waals surface area contributed by atoms with E-state index in [9.17, 15) is 4.79 Å². The first-order chi connectivity index (χ1) is 10.1. The predicted molar refractivity (Wildman–Crippen MR) is 91.8 cm³/mol. The molecule has 0 bridgehead atoms. The molecule has 0 aliphatic rings. The second-order valence-corrected chi connectivity index (χ2v) is 7.30. The fourth-order valence-corrected chi connectivity index (χ4v) is 2.72. The van der Waals surface area contributed by atoms with Crippen LogP contribution < -0.4 is 15.4 Å². The van der Waals surface area contributed by atoms with E-state index >= 15 is 0 Å². The fraction of sp³-hybridized carbons (Fsp3) is 0.500. The van der Waals surface area contributed by atoms with E-state index in [0.717, 1.165) is 17.7 Å². The summed E-state index contributed by atoms with van der Waals surface area (Å²) in [5, 5.41) is 5.73. The highest BCUT2D eigenvalue weighted by Gasteiger charge is 2.26. The van der Waals surface area contributed by atoms with Gasteiger partial charge in [0.25, 0.3) is 0 Å². The third-order valence-electron chi connectivity index (χ3n) is 3.04. The lowest BCUT2D eigenvalue weighted by Gasteiger charge is -2.33. The van der Waals surface area contributed by atoms with Crippen molar-refractivity contribution in [2.24, 2.45) is 5.41 Å². The van der Waals surface area contributed by atoms with E-state index in [0.29, 0.717) is 0 Å². The average Bonchev–Trinajstić information content (AvgIpc) is 2.35. The number of ether oxygens (including phenoxy) is 1. The SMILES string of the molecule is COc1ccccc1/C=C/NC(=O)NC(C)(C)CC(C)(C)C. The summed E-state index contributed by atoms with van der Waals surface area (Å²) in [7, 11) is 1.63. The van der Waals surface area contributed by atoms with Gasteiger partial charge in [-0.15, -0.1) is 0 Å². The second-order valence-electron chi connectivity index (χ2n) is 7.30. The third kappa shape index (κ3) is 6.66. The number of amides is 2. The highest BCUT2D eigenvalue weighted by molar-refractivity contribution is 5.76. The molecule has 1 aromatic rings. The van der Waals surface area contributed by atoms with E-state index in [4.69, 9.17) is 4.74 Å². The summed E-state index contributed by atoms with van der Waals surface area (Å²) < 4.78 is 5.26. The fourth-order valence-electron chi connectivity index (χ4n) is 2.72. The molecule has 0 unspecified atom stereocenters. The third-order valence-corrected chi connectivity index (χ3v) is 3.04. The number of hydrogen-bond acceptors (Lipinski definition) is 2. The molecular weight excluding hydrogens is 276 g/mol. The molecule has 4 nitrogen and oxygen atoms in total. The summed E-state index contributed by atoms with van der Waals surface area (Å²) in [4.78, 5) is 12.0. The molecule has 1 rings (SSSR count). The first-order valence-electron chi connectivity index (χ1n) is 7.51. The Balaban J connectivity index is 2.57. The minimum atomic E-state index is -0.263. The van der Waals surface area contributed by atoms with Crippen LogP contribution in [0.1, 0.15) is 46.6 Å². The minimum Gasteiger partial charge on any atom is -0.496 e. The molecule has 0 saturated carbocycles. The van der Waals surface area contributed by atoms with Gasteiger partial charge in [0.15, 0.2) is 0 Å². The Kier molecular flexibility index (Phi) is 6.03. The number of hydrogen-bond donors (Lipinski definition) is 2. The van der Waals surface area contributed by atoms with Gasteiger partial charge in [0.2, 0.25) is 0 Å². The van der Waals surface area contributed by atoms with Gasteiger partial charge in [-0.3, -0.25) is 0 Å². The van der Waals surface area contributed by atoms with E-state index in [2.05, 4.69) is 31.4 Å². The lowest BCUT2D eigenvalue weighted by atomic mass is 9.82. The molecule has 0 fully saturated rings. The topological polar surface area (TPSA) is 50.4 Å². The van der Waals surface area contributed by atoms with Crippen molar-refractivity contribution in [3.63, 3.8) is 0 Å². The van der Waals surface area contributed by atoms with Crippen molar-refractivity contribution in [3.8, 4) is 5.75 Å². The normalized spacial score (nSPS) is 12.3. The second kappa shape index (κ2) is 7.34. The van der Waals surface area contributed by atoms with Gasteiger partial charge in [-0.1, -0.05) is 39.0 Å². The maximum atomic E-state index is 12.0. The molecule has 0 aliphatic heterocycles. The van der Waals surface area contributed by atoms with Gasteiger partial charge in [0, 0.05) is 17.3 Å². The summed E-state index contributed by atoms with van der Waals surface area (Å²) >= 11 is 0. The Bertz CT molecular complexity index is 528. The molecule has 2 amide bonds. The Morgan fingerprint density at radius 1 is 1.18 bits per heavy atom. The van der Waals surface area contributed by atoms with Crippen LogP contribution >= 0.6 is 0 Å². The smallest absolute Gasteiger partial charge is 0.319 e. The van der Waals surface area contributed by atoms with Crippen LogP contribution in [0.15, 0.2) is 30.5 Å². The highest BCUT2D eigenvalue weighted by atomic mass is 16.5. The van der Waals surface area contributed by atoms with Crippen molar-refractivity contribution in [1.29, 1.82) is 0 Å². The largest absolute Gasteiger partial charge is 0.496 e. The predicted octanol–water partition coefficient (Wildman–Crippen LogP) is 4.18. The van der Waals surface area contributed by atoms with Crippen molar-refractivity contribution in [1.82, 2.24) is 10.6 Å². The Hall–Kier alpha value is -1.97. The average molecular weight is 304 g/mol. The number of carbonyl (C=O) groups is 1. The number of carbonyl (C=O) groups excluding carboxylic acids is 1. The molecule has 0 atom stereocenters. The van der Waals surface area contributed by atoms with Crippen LogP contribution in [-0.4, -0.2) is 18.7 Å². The molecular formula is C18H28N2O2. The summed E-state index contributed by atoms with van der Waals surface area (Å²) in [5.41, 5.74) is 0.809. The first-order valence-corrected chi connectivity index (χ1v) is 7.51. The van der Waals surface area contributed by atoms with Crippen LogP contribution in [0.2, 0.25) is 0 Å². The van der Waals surface area contributed by atoms with E-state index in [1.54, 1.807) is 13.3 Å². The summed E-state index contributed by atoms with van der Waals surface area (Å²) in [5.74, 6) is 0.772.